The zero-order valence-electron chi connectivity index (χ0n) is 8.84. The molecule has 0 aliphatic carbocycles. The molecule has 0 spiro atoms. The quantitative estimate of drug-likeness (QED) is 0.737. The summed E-state index contributed by atoms with van der Waals surface area (Å²) in [6.07, 6.45) is 1.75. The van der Waals surface area contributed by atoms with Crippen LogP contribution < -0.4 is 0 Å². The van der Waals surface area contributed by atoms with Crippen molar-refractivity contribution in [1.82, 2.24) is 4.90 Å². The van der Waals surface area contributed by atoms with Gasteiger partial charge in [-0.05, 0) is 30.3 Å². The van der Waals surface area contributed by atoms with Crippen LogP contribution in [0.25, 0.3) is 6.08 Å². The molecule has 4 heteroatoms. The van der Waals surface area contributed by atoms with Crippen LogP contribution in [0.5, 0.6) is 0 Å². The van der Waals surface area contributed by atoms with Gasteiger partial charge in [0, 0.05) is 6.54 Å². The van der Waals surface area contributed by atoms with E-state index in [0.717, 1.165) is 17.3 Å². The van der Waals surface area contributed by atoms with Crippen LogP contribution in [0, 0.1) is 0 Å². The van der Waals surface area contributed by atoms with Crippen LogP contribution in [0.3, 0.4) is 0 Å². The molecule has 1 aliphatic rings. The molecule has 1 aromatic carbocycles. The molecule has 0 bridgehead atoms. The summed E-state index contributed by atoms with van der Waals surface area (Å²) in [5.41, 5.74) is 0.934. The Kier molecular flexibility index (Phi) is 3.10. The first-order valence-corrected chi connectivity index (χ1v) is 5.84. The molecular formula is C12H11NO2S. The van der Waals surface area contributed by atoms with Crippen molar-refractivity contribution in [2.75, 3.05) is 6.54 Å². The monoisotopic (exact) mass is 233 g/mol. The van der Waals surface area contributed by atoms with Crippen molar-refractivity contribution < 1.29 is 9.59 Å². The van der Waals surface area contributed by atoms with Crippen molar-refractivity contribution in [3.8, 4) is 0 Å². The van der Waals surface area contributed by atoms with Gasteiger partial charge >= 0.3 is 0 Å². The Labute approximate surface area is 98.1 Å². The maximum absolute atomic E-state index is 11.8. The molecule has 1 heterocycles. The van der Waals surface area contributed by atoms with E-state index < -0.39 is 0 Å². The van der Waals surface area contributed by atoms with Gasteiger partial charge in [0.2, 0.25) is 0 Å². The van der Waals surface area contributed by atoms with Gasteiger partial charge in [-0.25, -0.2) is 0 Å². The number of nitrogens with zero attached hydrogens (tertiary/aromatic N) is 1. The van der Waals surface area contributed by atoms with E-state index >= 15 is 0 Å². The Morgan fingerprint density at radius 2 is 1.94 bits per heavy atom. The molecular weight excluding hydrogens is 222 g/mol. The lowest BCUT2D eigenvalue weighted by molar-refractivity contribution is -0.122. The second kappa shape index (κ2) is 4.53. The van der Waals surface area contributed by atoms with E-state index in [1.54, 1.807) is 13.0 Å². The highest BCUT2D eigenvalue weighted by atomic mass is 32.2. The number of likely N-dealkylation sites (N-methyl/N-ethyl adjacent to an activating group) is 1. The summed E-state index contributed by atoms with van der Waals surface area (Å²) in [5, 5.41) is -0.185. The number of carbonyl (C=O) groups is 2. The number of thioether (sulfide) groups is 1. The normalized spacial score (nSPS) is 18.6. The van der Waals surface area contributed by atoms with Gasteiger partial charge in [-0.2, -0.15) is 0 Å². The van der Waals surface area contributed by atoms with Crippen molar-refractivity contribution in [1.29, 1.82) is 0 Å². The number of hydrogen-bond donors (Lipinski definition) is 0. The summed E-state index contributed by atoms with van der Waals surface area (Å²) in [5.74, 6) is -0.193. The van der Waals surface area contributed by atoms with Gasteiger partial charge < -0.3 is 0 Å². The van der Waals surface area contributed by atoms with E-state index in [1.165, 1.54) is 4.90 Å². The predicted octanol–water partition coefficient (Wildman–Crippen LogP) is 2.74. The van der Waals surface area contributed by atoms with Crippen LogP contribution in [0.15, 0.2) is 35.2 Å². The minimum absolute atomic E-state index is 0.185. The molecule has 1 aromatic rings. The minimum atomic E-state index is -0.193. The first-order chi connectivity index (χ1) is 7.72. The highest BCUT2D eigenvalue weighted by Gasteiger charge is 2.33. The molecule has 82 valence electrons. The Hall–Kier alpha value is -1.55. The smallest absolute Gasteiger partial charge is 0.269 e. The molecule has 1 fully saturated rings. The Morgan fingerprint density at radius 3 is 2.50 bits per heavy atom. The van der Waals surface area contributed by atoms with Gasteiger partial charge in [0.05, 0.1) is 4.91 Å². The Bertz CT molecular complexity index is 453. The van der Waals surface area contributed by atoms with Crippen LogP contribution >= 0.6 is 11.8 Å². The number of hydrogen-bond acceptors (Lipinski definition) is 3. The maximum Gasteiger partial charge on any atom is 0.293 e. The summed E-state index contributed by atoms with van der Waals surface area (Å²) in [6.45, 7) is 2.22. The Morgan fingerprint density at radius 1 is 1.25 bits per heavy atom. The Balaban J connectivity index is 2.27. The third-order valence-electron chi connectivity index (χ3n) is 2.29. The van der Waals surface area contributed by atoms with Crippen molar-refractivity contribution in [3.63, 3.8) is 0 Å². The fourth-order valence-corrected chi connectivity index (χ4v) is 2.38. The summed E-state index contributed by atoms with van der Waals surface area (Å²) in [6, 6.07) is 9.51. The molecule has 16 heavy (non-hydrogen) atoms. The van der Waals surface area contributed by atoms with Crippen molar-refractivity contribution >= 4 is 29.0 Å². The predicted molar refractivity (Wildman–Crippen MR) is 64.8 cm³/mol. The summed E-state index contributed by atoms with van der Waals surface area (Å²) >= 11 is 1.000. The van der Waals surface area contributed by atoms with E-state index in [4.69, 9.17) is 0 Å². The number of benzene rings is 1. The van der Waals surface area contributed by atoms with Crippen molar-refractivity contribution in [2.24, 2.45) is 0 Å². The summed E-state index contributed by atoms with van der Waals surface area (Å²) in [7, 11) is 0. The van der Waals surface area contributed by atoms with E-state index in [1.807, 2.05) is 30.3 Å². The van der Waals surface area contributed by atoms with Gasteiger partial charge in [-0.1, -0.05) is 30.3 Å². The molecule has 3 nitrogen and oxygen atoms in total. The van der Waals surface area contributed by atoms with Gasteiger partial charge in [-0.3, -0.25) is 14.5 Å². The molecule has 2 amide bonds. The van der Waals surface area contributed by atoms with Crippen LogP contribution in [0.4, 0.5) is 4.79 Å². The first-order valence-electron chi connectivity index (χ1n) is 5.03. The number of rotatable bonds is 2. The number of carbonyl (C=O) groups excluding carboxylic acids is 2. The lowest BCUT2D eigenvalue weighted by Crippen LogP contribution is -2.27. The third kappa shape index (κ3) is 2.02. The minimum Gasteiger partial charge on any atom is -0.269 e. The molecule has 0 aromatic heterocycles. The second-order valence-electron chi connectivity index (χ2n) is 3.34. The largest absolute Gasteiger partial charge is 0.293 e. The molecule has 1 saturated heterocycles. The topological polar surface area (TPSA) is 37.4 Å². The molecule has 0 atom stereocenters. The van der Waals surface area contributed by atoms with Gasteiger partial charge in [0.25, 0.3) is 11.1 Å². The second-order valence-corrected chi connectivity index (χ2v) is 4.33. The molecule has 0 unspecified atom stereocenters. The number of imide groups is 1. The van der Waals surface area contributed by atoms with E-state index in [0.29, 0.717) is 11.4 Å². The van der Waals surface area contributed by atoms with Crippen molar-refractivity contribution in [2.45, 2.75) is 6.92 Å². The van der Waals surface area contributed by atoms with Crippen molar-refractivity contribution in [3.05, 3.63) is 40.8 Å². The van der Waals surface area contributed by atoms with Crippen LogP contribution in [-0.4, -0.2) is 22.6 Å². The lowest BCUT2D eigenvalue weighted by atomic mass is 10.2. The van der Waals surface area contributed by atoms with Gasteiger partial charge in [0.1, 0.15) is 0 Å². The SMILES string of the molecule is CCN1C(=O)SC(=Cc2ccccc2)C1=O. The zero-order chi connectivity index (χ0) is 11.5. The molecule has 1 aliphatic heterocycles. The molecule has 0 N–H and O–H groups in total. The van der Waals surface area contributed by atoms with E-state index in [9.17, 15) is 9.59 Å². The van der Waals surface area contributed by atoms with Crippen LogP contribution in [-0.2, 0) is 4.79 Å². The van der Waals surface area contributed by atoms with Crippen LogP contribution in [0.1, 0.15) is 12.5 Å². The highest BCUT2D eigenvalue weighted by molar-refractivity contribution is 8.18. The van der Waals surface area contributed by atoms with E-state index in [2.05, 4.69) is 0 Å². The fraction of sp³-hybridized carbons (Fsp3) is 0.167. The number of amides is 2. The van der Waals surface area contributed by atoms with Crippen LogP contribution in [0.2, 0.25) is 0 Å². The lowest BCUT2D eigenvalue weighted by Gasteiger charge is -2.06. The molecule has 2 rings (SSSR count). The van der Waals surface area contributed by atoms with E-state index in [-0.39, 0.29) is 11.1 Å². The third-order valence-corrected chi connectivity index (χ3v) is 3.19. The first kappa shape index (κ1) is 11.0. The highest BCUT2D eigenvalue weighted by Crippen LogP contribution is 2.31. The summed E-state index contributed by atoms with van der Waals surface area (Å²) < 4.78 is 0. The average Bonchev–Trinajstić information content (AvgIpc) is 2.55. The standard InChI is InChI=1S/C12H11NO2S/c1-2-13-11(14)10(16-12(13)15)8-9-6-4-3-5-7-9/h3-8H,2H2,1H3. The van der Waals surface area contributed by atoms with Gasteiger partial charge in [-0.15, -0.1) is 0 Å². The molecule has 0 saturated carbocycles. The van der Waals surface area contributed by atoms with Gasteiger partial charge in [0.15, 0.2) is 0 Å². The molecule has 0 radical (unpaired) electrons. The fourth-order valence-electron chi connectivity index (χ4n) is 1.47. The average molecular weight is 233 g/mol. The maximum atomic E-state index is 11.8. The summed E-state index contributed by atoms with van der Waals surface area (Å²) in [4.78, 5) is 25.0. The zero-order valence-corrected chi connectivity index (χ0v) is 9.66.